The van der Waals surface area contributed by atoms with Gasteiger partial charge in [-0.05, 0) is 37.3 Å². The molecule has 0 aliphatic rings. The molecular weight excluding hydrogens is 377 g/mol. The predicted molar refractivity (Wildman–Crippen MR) is 93.6 cm³/mol. The van der Waals surface area contributed by atoms with E-state index < -0.39 is 17.6 Å². The quantitative estimate of drug-likeness (QED) is 0.637. The summed E-state index contributed by atoms with van der Waals surface area (Å²) in [6.45, 7) is 1.51. The van der Waals surface area contributed by atoms with Crippen LogP contribution in [0.1, 0.15) is 26.4 Å². The van der Waals surface area contributed by atoms with Gasteiger partial charge in [0.15, 0.2) is 0 Å². The number of hydrogen-bond acceptors (Lipinski definition) is 2. The number of hydrogen-bond donors (Lipinski definition) is 3. The summed E-state index contributed by atoms with van der Waals surface area (Å²) < 4.78 is 14.8. The number of primary amides is 1. The van der Waals surface area contributed by atoms with Gasteiger partial charge in [0.25, 0.3) is 5.91 Å². The molecule has 24 heavy (non-hydrogen) atoms. The Labute approximate surface area is 145 Å². The number of rotatable bonds is 3. The lowest BCUT2D eigenvalue weighted by molar-refractivity contribution is 0.0995. The maximum Gasteiger partial charge on any atom is 0.272 e. The van der Waals surface area contributed by atoms with Crippen molar-refractivity contribution in [1.29, 1.82) is 0 Å². The topological polar surface area (TPSA) is 88.0 Å². The highest BCUT2D eigenvalue weighted by Gasteiger charge is 2.15. The van der Waals surface area contributed by atoms with Crippen LogP contribution in [-0.4, -0.2) is 16.8 Å². The van der Waals surface area contributed by atoms with E-state index in [0.717, 1.165) is 21.4 Å². The van der Waals surface area contributed by atoms with Gasteiger partial charge in [-0.3, -0.25) is 9.59 Å². The number of H-pyrrole nitrogens is 1. The summed E-state index contributed by atoms with van der Waals surface area (Å²) in [6, 6.07) is 9.69. The van der Waals surface area contributed by atoms with Crippen LogP contribution in [0.2, 0.25) is 0 Å². The van der Waals surface area contributed by atoms with Gasteiger partial charge in [0.1, 0.15) is 11.5 Å². The number of nitrogens with one attached hydrogen (secondary N) is 2. The van der Waals surface area contributed by atoms with Crippen molar-refractivity contribution in [2.45, 2.75) is 6.92 Å². The van der Waals surface area contributed by atoms with E-state index >= 15 is 0 Å². The third-order valence-corrected chi connectivity index (χ3v) is 4.20. The van der Waals surface area contributed by atoms with E-state index in [1.54, 1.807) is 6.07 Å². The highest BCUT2D eigenvalue weighted by atomic mass is 79.9. The Morgan fingerprint density at radius 1 is 1.21 bits per heavy atom. The van der Waals surface area contributed by atoms with Crippen LogP contribution in [0.25, 0.3) is 10.9 Å². The summed E-state index contributed by atoms with van der Waals surface area (Å²) in [5.74, 6) is -1.81. The van der Waals surface area contributed by atoms with Crippen molar-refractivity contribution in [3.63, 3.8) is 0 Å². The second-order valence-electron chi connectivity index (χ2n) is 5.36. The highest BCUT2D eigenvalue weighted by molar-refractivity contribution is 9.10. The summed E-state index contributed by atoms with van der Waals surface area (Å²) in [5.41, 5.74) is 6.73. The molecule has 0 spiro atoms. The van der Waals surface area contributed by atoms with Gasteiger partial charge in [-0.2, -0.15) is 0 Å². The molecule has 0 fully saturated rings. The van der Waals surface area contributed by atoms with Gasteiger partial charge in [-0.25, -0.2) is 4.39 Å². The van der Waals surface area contributed by atoms with Crippen LogP contribution in [0.5, 0.6) is 0 Å². The Morgan fingerprint density at radius 2 is 1.96 bits per heavy atom. The summed E-state index contributed by atoms with van der Waals surface area (Å²) >= 11 is 3.37. The van der Waals surface area contributed by atoms with Crippen molar-refractivity contribution in [1.82, 2.24) is 4.98 Å². The van der Waals surface area contributed by atoms with Crippen molar-refractivity contribution in [3.05, 3.63) is 63.5 Å². The number of benzene rings is 2. The third kappa shape index (κ3) is 3.03. The third-order valence-electron chi connectivity index (χ3n) is 3.71. The number of amides is 2. The maximum absolute atomic E-state index is 13.9. The van der Waals surface area contributed by atoms with Crippen molar-refractivity contribution in [2.24, 2.45) is 5.73 Å². The van der Waals surface area contributed by atoms with E-state index in [-0.39, 0.29) is 16.8 Å². The molecule has 0 aliphatic carbocycles. The van der Waals surface area contributed by atoms with Gasteiger partial charge in [-0.1, -0.05) is 22.0 Å². The van der Waals surface area contributed by atoms with Crippen LogP contribution >= 0.6 is 15.9 Å². The average Bonchev–Trinajstić information content (AvgIpc) is 2.94. The second kappa shape index (κ2) is 6.09. The lowest BCUT2D eigenvalue weighted by atomic mass is 10.1. The molecule has 0 saturated heterocycles. The van der Waals surface area contributed by atoms with Crippen LogP contribution in [0.3, 0.4) is 0 Å². The smallest absolute Gasteiger partial charge is 0.272 e. The van der Waals surface area contributed by atoms with Crippen molar-refractivity contribution in [2.75, 3.05) is 5.32 Å². The van der Waals surface area contributed by atoms with E-state index in [1.165, 1.54) is 13.0 Å². The fourth-order valence-corrected chi connectivity index (χ4v) is 2.72. The Balaban J connectivity index is 1.95. The van der Waals surface area contributed by atoms with Crippen molar-refractivity contribution < 1.29 is 14.0 Å². The Morgan fingerprint density at radius 3 is 2.67 bits per heavy atom. The lowest BCUT2D eigenvalue weighted by Gasteiger charge is -2.10. The molecule has 5 nitrogen and oxygen atoms in total. The molecule has 1 aromatic heterocycles. The van der Waals surface area contributed by atoms with Gasteiger partial charge >= 0.3 is 0 Å². The fraction of sp³-hybridized carbons (Fsp3) is 0.0588. The van der Waals surface area contributed by atoms with Crippen LogP contribution in [0.4, 0.5) is 10.1 Å². The van der Waals surface area contributed by atoms with Gasteiger partial charge < -0.3 is 16.0 Å². The average molecular weight is 390 g/mol. The lowest BCUT2D eigenvalue weighted by Crippen LogP contribution is -2.16. The number of carbonyl (C=O) groups is 2. The number of aromatic nitrogens is 1. The van der Waals surface area contributed by atoms with Crippen LogP contribution in [0.15, 0.2) is 40.9 Å². The molecule has 0 unspecified atom stereocenters. The van der Waals surface area contributed by atoms with Crippen LogP contribution in [-0.2, 0) is 0 Å². The zero-order valence-corrected chi connectivity index (χ0v) is 14.2. The number of anilines is 1. The summed E-state index contributed by atoms with van der Waals surface area (Å²) in [6.07, 6.45) is 0. The van der Waals surface area contributed by atoms with Gasteiger partial charge in [0.2, 0.25) is 5.91 Å². The van der Waals surface area contributed by atoms with Gasteiger partial charge in [-0.15, -0.1) is 0 Å². The van der Waals surface area contributed by atoms with E-state index in [1.807, 2.05) is 18.2 Å². The Kier molecular flexibility index (Phi) is 4.11. The maximum atomic E-state index is 13.9. The van der Waals surface area contributed by atoms with E-state index in [0.29, 0.717) is 5.69 Å². The Hall–Kier alpha value is -2.67. The normalized spacial score (nSPS) is 10.8. The first-order valence-corrected chi connectivity index (χ1v) is 7.84. The number of fused-ring (bicyclic) bond motifs is 1. The minimum atomic E-state index is -0.764. The number of carbonyl (C=O) groups excluding carboxylic acids is 2. The fourth-order valence-electron chi connectivity index (χ4n) is 2.36. The molecule has 3 rings (SSSR count). The summed E-state index contributed by atoms with van der Waals surface area (Å²) in [7, 11) is 0. The number of nitrogens with two attached hydrogens (primary N) is 1. The summed E-state index contributed by atoms with van der Waals surface area (Å²) in [5, 5.41) is 3.48. The van der Waals surface area contributed by atoms with E-state index in [9.17, 15) is 14.0 Å². The SMILES string of the molecule is Cc1c(F)cc(C(N)=O)cc1NC(=O)c1cc2ccc(Br)cc2[nH]1. The zero-order valence-electron chi connectivity index (χ0n) is 12.6. The molecule has 2 amide bonds. The van der Waals surface area contributed by atoms with E-state index in [2.05, 4.69) is 26.2 Å². The molecule has 0 bridgehead atoms. The van der Waals surface area contributed by atoms with Crippen molar-refractivity contribution >= 4 is 44.3 Å². The van der Waals surface area contributed by atoms with Crippen molar-refractivity contribution in [3.8, 4) is 0 Å². The van der Waals surface area contributed by atoms with Crippen LogP contribution in [0, 0.1) is 12.7 Å². The van der Waals surface area contributed by atoms with E-state index in [4.69, 9.17) is 5.73 Å². The van der Waals surface area contributed by atoms with Gasteiger partial charge in [0, 0.05) is 32.2 Å². The standard InChI is InChI=1S/C17H13BrFN3O2/c1-8-12(19)4-10(16(20)23)6-13(8)22-17(24)15-5-9-2-3-11(18)7-14(9)21-15/h2-7,21H,1H3,(H2,20,23)(H,22,24). The minimum absolute atomic E-state index is 0.00558. The molecule has 122 valence electrons. The molecule has 0 aliphatic heterocycles. The molecular formula is C17H13BrFN3O2. The predicted octanol–water partition coefficient (Wildman–Crippen LogP) is 3.73. The molecule has 0 atom stereocenters. The first kappa shape index (κ1) is 16.2. The molecule has 4 N–H and O–H groups in total. The summed E-state index contributed by atoms with van der Waals surface area (Å²) in [4.78, 5) is 26.7. The first-order valence-electron chi connectivity index (χ1n) is 7.04. The monoisotopic (exact) mass is 389 g/mol. The zero-order chi connectivity index (χ0) is 17.4. The Bertz CT molecular complexity index is 981. The molecule has 0 radical (unpaired) electrons. The molecule has 1 heterocycles. The molecule has 3 aromatic rings. The second-order valence-corrected chi connectivity index (χ2v) is 6.28. The number of halogens is 2. The molecule has 2 aromatic carbocycles. The first-order chi connectivity index (χ1) is 11.3. The van der Waals surface area contributed by atoms with Crippen LogP contribution < -0.4 is 11.1 Å². The largest absolute Gasteiger partial charge is 0.366 e. The molecule has 0 saturated carbocycles. The molecule has 7 heteroatoms. The van der Waals surface area contributed by atoms with Gasteiger partial charge in [0.05, 0.1) is 0 Å². The number of aromatic amines is 1. The minimum Gasteiger partial charge on any atom is -0.366 e. The highest BCUT2D eigenvalue weighted by Crippen LogP contribution is 2.23.